The molecular weight excluding hydrogens is 258 g/mol. The minimum absolute atomic E-state index is 0.000215. The zero-order chi connectivity index (χ0) is 14.6. The molecule has 2 heterocycles. The van der Waals surface area contributed by atoms with Crippen molar-refractivity contribution in [3.8, 4) is 0 Å². The Morgan fingerprint density at radius 1 is 1.35 bits per heavy atom. The number of nitrogens with zero attached hydrogens (tertiary/aromatic N) is 1. The van der Waals surface area contributed by atoms with Crippen LogP contribution in [0, 0.1) is 0 Å². The monoisotopic (exact) mass is 285 g/mol. The van der Waals surface area contributed by atoms with Gasteiger partial charge in [0.05, 0.1) is 6.10 Å². The van der Waals surface area contributed by atoms with Gasteiger partial charge in [0.15, 0.2) is 0 Å². The van der Waals surface area contributed by atoms with Crippen LogP contribution in [0.1, 0.15) is 25.7 Å². The fourth-order valence-corrected chi connectivity index (χ4v) is 2.97. The van der Waals surface area contributed by atoms with Crippen molar-refractivity contribution < 1.29 is 14.3 Å². The van der Waals surface area contributed by atoms with Crippen LogP contribution < -0.4 is 11.1 Å². The molecule has 2 fully saturated rings. The van der Waals surface area contributed by atoms with Crippen LogP contribution in [0.5, 0.6) is 0 Å². The lowest BCUT2D eigenvalue weighted by Crippen LogP contribution is -2.56. The molecule has 116 valence electrons. The van der Waals surface area contributed by atoms with Crippen molar-refractivity contribution in [2.45, 2.75) is 43.4 Å². The van der Waals surface area contributed by atoms with E-state index in [4.69, 9.17) is 15.2 Å². The summed E-state index contributed by atoms with van der Waals surface area (Å²) >= 11 is 0. The quantitative estimate of drug-likeness (QED) is 0.726. The maximum Gasteiger partial charge on any atom is 0.249 e. The third-order valence-corrected chi connectivity index (χ3v) is 4.63. The van der Waals surface area contributed by atoms with Gasteiger partial charge in [0.2, 0.25) is 5.91 Å². The number of ether oxygens (including phenoxy) is 2. The Hall–Kier alpha value is -0.690. The minimum Gasteiger partial charge on any atom is -0.381 e. The van der Waals surface area contributed by atoms with Crippen molar-refractivity contribution in [2.75, 3.05) is 40.4 Å². The highest BCUT2D eigenvalue weighted by molar-refractivity contribution is 5.81. The third kappa shape index (κ3) is 3.49. The Bertz CT molecular complexity index is 330. The second kappa shape index (κ2) is 6.85. The topological polar surface area (TPSA) is 76.8 Å². The summed E-state index contributed by atoms with van der Waals surface area (Å²) in [5.41, 5.74) is 5.57. The van der Waals surface area contributed by atoms with Crippen LogP contribution >= 0.6 is 0 Å². The molecule has 2 aliphatic rings. The average Bonchev–Trinajstić information content (AvgIpc) is 2.94. The number of carbonyl (C=O) groups is 1. The minimum atomic E-state index is -0.331. The molecule has 0 saturated carbocycles. The van der Waals surface area contributed by atoms with Crippen LogP contribution in [0.3, 0.4) is 0 Å². The molecule has 0 bridgehead atoms. The van der Waals surface area contributed by atoms with Gasteiger partial charge in [-0.15, -0.1) is 0 Å². The lowest BCUT2D eigenvalue weighted by atomic mass is 9.88. The summed E-state index contributed by atoms with van der Waals surface area (Å²) < 4.78 is 11.1. The molecular formula is C14H27N3O3. The first-order valence-corrected chi connectivity index (χ1v) is 7.46. The van der Waals surface area contributed by atoms with Gasteiger partial charge in [-0.1, -0.05) is 0 Å². The number of rotatable bonds is 5. The van der Waals surface area contributed by atoms with E-state index in [1.54, 1.807) is 0 Å². The molecule has 0 aromatic carbocycles. The van der Waals surface area contributed by atoms with Gasteiger partial charge in [0.1, 0.15) is 6.10 Å². The summed E-state index contributed by atoms with van der Waals surface area (Å²) in [6.07, 6.45) is 3.24. The van der Waals surface area contributed by atoms with E-state index < -0.39 is 0 Å². The molecule has 2 saturated heterocycles. The highest BCUT2D eigenvalue weighted by Gasteiger charge is 2.36. The number of likely N-dealkylation sites (N-methyl/N-ethyl adjacent to an activating group) is 1. The molecule has 2 aliphatic heterocycles. The molecule has 0 unspecified atom stereocenters. The van der Waals surface area contributed by atoms with Crippen molar-refractivity contribution in [3.63, 3.8) is 0 Å². The van der Waals surface area contributed by atoms with E-state index in [0.29, 0.717) is 13.1 Å². The van der Waals surface area contributed by atoms with Gasteiger partial charge < -0.3 is 25.4 Å². The summed E-state index contributed by atoms with van der Waals surface area (Å²) in [7, 11) is 4.13. The van der Waals surface area contributed by atoms with Crippen LogP contribution in [-0.4, -0.2) is 69.0 Å². The molecule has 6 heteroatoms. The van der Waals surface area contributed by atoms with E-state index in [9.17, 15) is 4.79 Å². The Morgan fingerprint density at radius 2 is 2.05 bits per heavy atom. The summed E-state index contributed by atoms with van der Waals surface area (Å²) in [4.78, 5) is 14.4. The van der Waals surface area contributed by atoms with Crippen LogP contribution in [0.4, 0.5) is 0 Å². The van der Waals surface area contributed by atoms with Gasteiger partial charge in [-0.2, -0.15) is 0 Å². The van der Waals surface area contributed by atoms with E-state index in [1.807, 2.05) is 0 Å². The molecule has 0 spiro atoms. The summed E-state index contributed by atoms with van der Waals surface area (Å²) in [6.45, 7) is 2.64. The van der Waals surface area contributed by atoms with Gasteiger partial charge in [0, 0.05) is 31.8 Å². The lowest BCUT2D eigenvalue weighted by molar-refractivity contribution is -0.132. The molecule has 3 N–H and O–H groups in total. The van der Waals surface area contributed by atoms with E-state index in [0.717, 1.165) is 38.9 Å². The maximum absolute atomic E-state index is 12.2. The van der Waals surface area contributed by atoms with Crippen LogP contribution in [-0.2, 0) is 14.3 Å². The van der Waals surface area contributed by atoms with Gasteiger partial charge >= 0.3 is 0 Å². The molecule has 2 rings (SSSR count). The standard InChI is InChI=1S/C14H27N3O3/c1-17(2)14(5-7-19-8-6-14)10-16-13(18)12-4-3-11(9-15)20-12/h11-12H,3-10,15H2,1-2H3,(H,16,18)/t11-,12+/m1/s1. The Labute approximate surface area is 121 Å². The number of hydrogen-bond donors (Lipinski definition) is 2. The zero-order valence-corrected chi connectivity index (χ0v) is 12.6. The highest BCUT2D eigenvalue weighted by Crippen LogP contribution is 2.25. The van der Waals surface area contributed by atoms with E-state index >= 15 is 0 Å². The van der Waals surface area contributed by atoms with Crippen molar-refractivity contribution in [1.82, 2.24) is 10.2 Å². The van der Waals surface area contributed by atoms with E-state index in [1.165, 1.54) is 0 Å². The van der Waals surface area contributed by atoms with Gasteiger partial charge in [-0.25, -0.2) is 0 Å². The first-order chi connectivity index (χ1) is 9.57. The predicted molar refractivity (Wildman–Crippen MR) is 76.4 cm³/mol. The Kier molecular flexibility index (Phi) is 5.37. The smallest absolute Gasteiger partial charge is 0.249 e. The predicted octanol–water partition coefficient (Wildman–Crippen LogP) is -0.280. The zero-order valence-electron chi connectivity index (χ0n) is 12.6. The van der Waals surface area contributed by atoms with Gasteiger partial charge in [0.25, 0.3) is 0 Å². The Balaban J connectivity index is 1.85. The number of nitrogens with one attached hydrogen (secondary N) is 1. The normalized spacial score (nSPS) is 29.6. The molecule has 2 atom stereocenters. The summed E-state index contributed by atoms with van der Waals surface area (Å²) in [6, 6.07) is 0. The molecule has 0 radical (unpaired) electrons. The fourth-order valence-electron chi connectivity index (χ4n) is 2.97. The van der Waals surface area contributed by atoms with Gasteiger partial charge in [-0.3, -0.25) is 4.79 Å². The Morgan fingerprint density at radius 3 is 2.60 bits per heavy atom. The van der Waals surface area contributed by atoms with E-state index in [2.05, 4.69) is 24.3 Å². The second-order valence-corrected chi connectivity index (χ2v) is 6.01. The molecule has 1 amide bonds. The van der Waals surface area contributed by atoms with Crippen LogP contribution in [0.25, 0.3) is 0 Å². The SMILES string of the molecule is CN(C)C1(CNC(=O)[C@@H]2CC[C@H](CN)O2)CCOCC1. The van der Waals surface area contributed by atoms with Crippen molar-refractivity contribution >= 4 is 5.91 Å². The number of carbonyl (C=O) groups excluding carboxylic acids is 1. The fraction of sp³-hybridized carbons (Fsp3) is 0.929. The summed E-state index contributed by atoms with van der Waals surface area (Å²) in [5, 5.41) is 3.06. The largest absolute Gasteiger partial charge is 0.381 e. The van der Waals surface area contributed by atoms with Crippen molar-refractivity contribution in [3.05, 3.63) is 0 Å². The third-order valence-electron chi connectivity index (χ3n) is 4.63. The molecule has 20 heavy (non-hydrogen) atoms. The number of amides is 1. The average molecular weight is 285 g/mol. The van der Waals surface area contributed by atoms with Crippen molar-refractivity contribution in [1.29, 1.82) is 0 Å². The first-order valence-electron chi connectivity index (χ1n) is 7.46. The molecule has 0 aromatic heterocycles. The number of nitrogens with two attached hydrogens (primary N) is 1. The number of hydrogen-bond acceptors (Lipinski definition) is 5. The molecule has 0 aliphatic carbocycles. The van der Waals surface area contributed by atoms with Crippen LogP contribution in [0.15, 0.2) is 0 Å². The molecule has 0 aromatic rings. The highest BCUT2D eigenvalue weighted by atomic mass is 16.5. The molecule has 6 nitrogen and oxygen atoms in total. The van der Waals surface area contributed by atoms with Gasteiger partial charge in [-0.05, 0) is 39.8 Å². The lowest BCUT2D eigenvalue weighted by Gasteiger charge is -2.43. The maximum atomic E-state index is 12.2. The second-order valence-electron chi connectivity index (χ2n) is 6.01. The van der Waals surface area contributed by atoms with E-state index in [-0.39, 0.29) is 23.7 Å². The first kappa shape index (κ1) is 15.7. The summed E-state index contributed by atoms with van der Waals surface area (Å²) in [5.74, 6) is -0.00586. The van der Waals surface area contributed by atoms with Crippen LogP contribution in [0.2, 0.25) is 0 Å². The van der Waals surface area contributed by atoms with Crippen molar-refractivity contribution in [2.24, 2.45) is 5.73 Å².